The summed E-state index contributed by atoms with van der Waals surface area (Å²) in [5, 5.41) is 16.1. The van der Waals surface area contributed by atoms with Gasteiger partial charge in [-0.05, 0) is 124 Å². The lowest BCUT2D eigenvalue weighted by Crippen LogP contribution is -2.60. The molecule has 2 N–H and O–H groups in total. The number of hydrogen-bond donors (Lipinski definition) is 2. The fourth-order valence-electron chi connectivity index (χ4n) is 14.0. The Kier molecular flexibility index (Phi) is 8.21. The van der Waals surface area contributed by atoms with E-state index < -0.39 is 11.7 Å². The number of hydrogen-bond acceptors (Lipinski definition) is 7. The zero-order valence-corrected chi connectivity index (χ0v) is 30.0. The summed E-state index contributed by atoms with van der Waals surface area (Å²) >= 11 is 0. The van der Waals surface area contributed by atoms with E-state index in [4.69, 9.17) is 23.7 Å². The number of ether oxygens (including phenoxy) is 5. The van der Waals surface area contributed by atoms with Crippen LogP contribution >= 0.6 is 0 Å². The van der Waals surface area contributed by atoms with Gasteiger partial charge in [0.15, 0.2) is 6.29 Å². The highest BCUT2D eigenvalue weighted by molar-refractivity contribution is 5.33. The van der Waals surface area contributed by atoms with Crippen molar-refractivity contribution in [3.05, 3.63) is 0 Å². The van der Waals surface area contributed by atoms with Crippen LogP contribution < -0.4 is 5.32 Å². The molecule has 2 aliphatic heterocycles. The minimum Gasteiger partial charge on any atom is -0.390 e. The van der Waals surface area contributed by atoms with E-state index in [2.05, 4.69) is 67.6 Å². The summed E-state index contributed by atoms with van der Waals surface area (Å²) in [6.45, 7) is 24.6. The predicted octanol–water partition coefficient (Wildman–Crippen LogP) is 6.35. The first-order chi connectivity index (χ1) is 21.2. The van der Waals surface area contributed by atoms with Gasteiger partial charge in [-0.25, -0.2) is 0 Å². The largest absolute Gasteiger partial charge is 0.390 e. The molecule has 258 valence electrons. The molecule has 2 saturated heterocycles. The predicted molar refractivity (Wildman–Crippen MR) is 175 cm³/mol. The molecule has 7 rings (SSSR count). The van der Waals surface area contributed by atoms with Crippen molar-refractivity contribution in [2.45, 2.75) is 156 Å². The molecule has 14 unspecified atom stereocenters. The van der Waals surface area contributed by atoms with Gasteiger partial charge < -0.3 is 34.1 Å². The SMILES string of the molecule is CCOC(C1CC(C)C2C(O1)C(O)C1(C)C3CCC4C(C)(C)C(OC5CNCCO5)CCC45CC35CCC21C)C(C)(C)OCC. The van der Waals surface area contributed by atoms with Gasteiger partial charge in [-0.2, -0.15) is 0 Å². The summed E-state index contributed by atoms with van der Waals surface area (Å²) in [7, 11) is 0. The minimum atomic E-state index is -0.463. The van der Waals surface area contributed by atoms with E-state index in [0.717, 1.165) is 32.5 Å². The molecule has 0 amide bonds. The Labute approximate surface area is 273 Å². The van der Waals surface area contributed by atoms with Gasteiger partial charge >= 0.3 is 0 Å². The Morgan fingerprint density at radius 2 is 1.71 bits per heavy atom. The summed E-state index contributed by atoms with van der Waals surface area (Å²) in [6.07, 6.45) is 8.89. The van der Waals surface area contributed by atoms with Crippen LogP contribution in [-0.2, 0) is 23.7 Å². The molecule has 0 radical (unpaired) electrons. The first-order valence-corrected chi connectivity index (χ1v) is 18.8. The number of aliphatic hydroxyl groups is 1. The maximum absolute atomic E-state index is 12.7. The molecule has 45 heavy (non-hydrogen) atoms. The van der Waals surface area contributed by atoms with Crippen LogP contribution in [0.15, 0.2) is 0 Å². The molecule has 5 saturated carbocycles. The van der Waals surface area contributed by atoms with E-state index in [9.17, 15) is 5.11 Å². The van der Waals surface area contributed by atoms with Crippen molar-refractivity contribution < 1.29 is 28.8 Å². The molecule has 5 aliphatic carbocycles. The maximum Gasteiger partial charge on any atom is 0.170 e. The summed E-state index contributed by atoms with van der Waals surface area (Å²) in [6, 6.07) is 0. The highest BCUT2D eigenvalue weighted by atomic mass is 16.7. The Morgan fingerprint density at radius 3 is 2.40 bits per heavy atom. The Balaban J connectivity index is 1.15. The molecule has 14 atom stereocenters. The first-order valence-electron chi connectivity index (χ1n) is 18.8. The van der Waals surface area contributed by atoms with Gasteiger partial charge in [0.2, 0.25) is 0 Å². The second-order valence-corrected chi connectivity index (χ2v) is 18.1. The Morgan fingerprint density at radius 1 is 0.978 bits per heavy atom. The second-order valence-electron chi connectivity index (χ2n) is 18.1. The number of aliphatic hydroxyl groups excluding tert-OH is 1. The molecule has 2 spiro atoms. The van der Waals surface area contributed by atoms with Crippen LogP contribution in [0.1, 0.15) is 114 Å². The topological polar surface area (TPSA) is 78.4 Å². The maximum atomic E-state index is 12.7. The molecule has 7 fully saturated rings. The Bertz CT molecular complexity index is 1110. The van der Waals surface area contributed by atoms with Crippen molar-refractivity contribution in [2.24, 2.45) is 50.7 Å². The molecule has 0 bridgehead atoms. The molecule has 7 aliphatic rings. The van der Waals surface area contributed by atoms with E-state index in [1.165, 1.54) is 38.5 Å². The highest BCUT2D eigenvalue weighted by Crippen LogP contribution is 2.89. The molecule has 2 heterocycles. The molecule has 0 aromatic heterocycles. The average Bonchev–Trinajstić information content (AvgIpc) is 3.62. The summed E-state index contributed by atoms with van der Waals surface area (Å²) in [4.78, 5) is 0. The fourth-order valence-corrected chi connectivity index (χ4v) is 14.0. The van der Waals surface area contributed by atoms with E-state index in [0.29, 0.717) is 47.7 Å². The molecule has 0 aromatic rings. The van der Waals surface area contributed by atoms with Gasteiger partial charge in [-0.15, -0.1) is 0 Å². The zero-order chi connectivity index (χ0) is 32.2. The Hall–Kier alpha value is -0.280. The van der Waals surface area contributed by atoms with Gasteiger partial charge in [0.1, 0.15) is 6.10 Å². The van der Waals surface area contributed by atoms with Crippen LogP contribution in [-0.4, -0.2) is 80.4 Å². The summed E-state index contributed by atoms with van der Waals surface area (Å²) < 4.78 is 32.5. The van der Waals surface area contributed by atoms with Gasteiger partial charge in [0, 0.05) is 31.7 Å². The van der Waals surface area contributed by atoms with Crippen molar-refractivity contribution in [2.75, 3.05) is 32.9 Å². The highest BCUT2D eigenvalue weighted by Gasteiger charge is 2.84. The number of rotatable bonds is 8. The molecule has 7 heteroatoms. The van der Waals surface area contributed by atoms with Crippen LogP contribution in [0.3, 0.4) is 0 Å². The number of nitrogens with one attached hydrogen (secondary N) is 1. The van der Waals surface area contributed by atoms with Gasteiger partial charge in [-0.1, -0.05) is 34.6 Å². The van der Waals surface area contributed by atoms with Crippen LogP contribution in [0.5, 0.6) is 0 Å². The van der Waals surface area contributed by atoms with Crippen molar-refractivity contribution in [1.29, 1.82) is 0 Å². The van der Waals surface area contributed by atoms with Gasteiger partial charge in [-0.3, -0.25) is 0 Å². The molecule has 0 aromatic carbocycles. The summed E-state index contributed by atoms with van der Waals surface area (Å²) in [5.41, 5.74) is 0.296. The van der Waals surface area contributed by atoms with Gasteiger partial charge in [0.25, 0.3) is 0 Å². The molecular weight excluding hydrogens is 566 g/mol. The van der Waals surface area contributed by atoms with E-state index in [1.807, 2.05) is 0 Å². The third kappa shape index (κ3) is 4.45. The lowest BCUT2D eigenvalue weighted by molar-refractivity contribution is -0.237. The monoisotopic (exact) mass is 631 g/mol. The van der Waals surface area contributed by atoms with Crippen LogP contribution in [0.25, 0.3) is 0 Å². The molecular formula is C38H65NO6. The van der Waals surface area contributed by atoms with Crippen molar-refractivity contribution in [3.63, 3.8) is 0 Å². The minimum absolute atomic E-state index is 0.0612. The van der Waals surface area contributed by atoms with Gasteiger partial charge in [0.05, 0.1) is 36.6 Å². The second kappa shape index (κ2) is 11.1. The van der Waals surface area contributed by atoms with Crippen LogP contribution in [0.4, 0.5) is 0 Å². The number of fused-ring (bicyclic) bond motifs is 4. The normalized spacial score (nSPS) is 52.5. The van der Waals surface area contributed by atoms with E-state index in [-0.39, 0.29) is 47.0 Å². The van der Waals surface area contributed by atoms with E-state index >= 15 is 0 Å². The average molecular weight is 632 g/mol. The molecule has 7 nitrogen and oxygen atoms in total. The van der Waals surface area contributed by atoms with Crippen molar-refractivity contribution in [3.8, 4) is 0 Å². The first kappa shape index (κ1) is 33.2. The third-order valence-corrected chi connectivity index (χ3v) is 15.9. The standard InChI is InChI=1S/C38H65NO6/c1-10-41-32(34(6,7)43-11-2)24-20-23(3)29-30(44-24)31(40)36(9)26-13-12-25-33(4,5)27(45-28-21-39-18-19-42-28)14-15-37(25)22-38(26,37)17-16-35(29,36)8/h23-32,39-40H,10-22H2,1-9H3. The third-order valence-electron chi connectivity index (χ3n) is 15.9. The zero-order valence-electron chi connectivity index (χ0n) is 30.0. The van der Waals surface area contributed by atoms with Crippen LogP contribution in [0, 0.1) is 50.7 Å². The van der Waals surface area contributed by atoms with Crippen LogP contribution in [0.2, 0.25) is 0 Å². The van der Waals surface area contributed by atoms with Crippen molar-refractivity contribution >= 4 is 0 Å². The quantitative estimate of drug-likeness (QED) is 0.323. The summed E-state index contributed by atoms with van der Waals surface area (Å²) in [5.74, 6) is 2.02. The smallest absolute Gasteiger partial charge is 0.170 e. The van der Waals surface area contributed by atoms with E-state index in [1.54, 1.807) is 0 Å². The fraction of sp³-hybridized carbons (Fsp3) is 1.00. The lowest BCUT2D eigenvalue weighted by Gasteiger charge is -2.64. The lowest BCUT2D eigenvalue weighted by atomic mass is 9.41. The number of morpholine rings is 1. The van der Waals surface area contributed by atoms with Crippen molar-refractivity contribution in [1.82, 2.24) is 5.32 Å².